The molecule has 0 fully saturated rings. The third kappa shape index (κ3) is 2.58. The minimum absolute atomic E-state index is 0.482. The molecule has 1 aromatic rings. The predicted molar refractivity (Wildman–Crippen MR) is 53.8 cm³/mol. The van der Waals surface area contributed by atoms with Crippen LogP contribution in [-0.4, -0.2) is 12.0 Å². The van der Waals surface area contributed by atoms with Gasteiger partial charge in [-0.25, -0.2) is 0 Å². The van der Waals surface area contributed by atoms with Crippen LogP contribution in [0.25, 0.3) is 6.08 Å². The van der Waals surface area contributed by atoms with Gasteiger partial charge in [0.05, 0.1) is 12.0 Å². The molecule has 0 unspecified atom stereocenters. The van der Waals surface area contributed by atoms with Crippen LogP contribution >= 0.6 is 0 Å². The molecule has 0 saturated carbocycles. The van der Waals surface area contributed by atoms with Crippen LogP contribution in [-0.2, 0) is 0 Å². The average Bonchev–Trinajstić information content (AvgIpc) is 2.15. The van der Waals surface area contributed by atoms with E-state index in [4.69, 9.17) is 4.74 Å². The van der Waals surface area contributed by atoms with E-state index in [0.29, 0.717) is 0 Å². The average molecular weight is 193 g/mol. The minimum atomic E-state index is -0.482. The summed E-state index contributed by atoms with van der Waals surface area (Å²) in [6.07, 6.45) is 2.39. The Labute approximate surface area is 82.0 Å². The molecule has 0 N–H and O–H groups in total. The number of ether oxygens (including phenoxy) is 1. The van der Waals surface area contributed by atoms with Crippen molar-refractivity contribution in [2.45, 2.75) is 6.92 Å². The normalized spacial score (nSPS) is 10.4. The van der Waals surface area contributed by atoms with Crippen molar-refractivity contribution in [1.29, 1.82) is 0 Å². The van der Waals surface area contributed by atoms with Crippen LogP contribution in [0.3, 0.4) is 0 Å². The van der Waals surface area contributed by atoms with Crippen molar-refractivity contribution in [2.75, 3.05) is 7.11 Å². The van der Waals surface area contributed by atoms with Gasteiger partial charge in [-0.15, -0.1) is 0 Å². The summed E-state index contributed by atoms with van der Waals surface area (Å²) in [5, 5.41) is 10.1. The highest BCUT2D eigenvalue weighted by Crippen LogP contribution is 2.17. The summed E-state index contributed by atoms with van der Waals surface area (Å²) in [4.78, 5) is 9.62. The molecule has 1 rings (SSSR count). The van der Waals surface area contributed by atoms with E-state index in [1.54, 1.807) is 19.2 Å². The number of hydrogen-bond acceptors (Lipinski definition) is 3. The van der Waals surface area contributed by atoms with Crippen molar-refractivity contribution in [2.24, 2.45) is 0 Å². The molecule has 0 saturated heterocycles. The SMILES string of the molecule is COc1ccc(/C=C/[N+](=O)[O-])c(C)c1. The quantitative estimate of drug-likeness (QED) is 0.546. The molecule has 74 valence electrons. The fraction of sp³-hybridized carbons (Fsp3) is 0.200. The molecule has 4 heteroatoms. The number of rotatable bonds is 3. The van der Waals surface area contributed by atoms with Crippen molar-refractivity contribution >= 4 is 6.08 Å². The number of benzene rings is 1. The Morgan fingerprint density at radius 3 is 2.71 bits per heavy atom. The molecule has 14 heavy (non-hydrogen) atoms. The first kappa shape index (κ1) is 10.2. The number of hydrogen-bond donors (Lipinski definition) is 0. The van der Waals surface area contributed by atoms with Crippen molar-refractivity contribution in [3.8, 4) is 5.75 Å². The monoisotopic (exact) mass is 193 g/mol. The highest BCUT2D eigenvalue weighted by Gasteiger charge is 1.98. The van der Waals surface area contributed by atoms with E-state index in [-0.39, 0.29) is 0 Å². The lowest BCUT2D eigenvalue weighted by atomic mass is 10.1. The van der Waals surface area contributed by atoms with Crippen LogP contribution in [0, 0.1) is 17.0 Å². The smallest absolute Gasteiger partial charge is 0.235 e. The van der Waals surface area contributed by atoms with Gasteiger partial charge < -0.3 is 4.74 Å². The third-order valence-corrected chi connectivity index (χ3v) is 1.85. The third-order valence-electron chi connectivity index (χ3n) is 1.85. The maximum atomic E-state index is 10.1. The van der Waals surface area contributed by atoms with Gasteiger partial charge in [0.25, 0.3) is 0 Å². The molecule has 0 aliphatic carbocycles. The van der Waals surface area contributed by atoms with E-state index in [1.165, 1.54) is 6.08 Å². The number of methoxy groups -OCH3 is 1. The fourth-order valence-electron chi connectivity index (χ4n) is 1.10. The molecule has 4 nitrogen and oxygen atoms in total. The van der Waals surface area contributed by atoms with E-state index in [2.05, 4.69) is 0 Å². The molecular formula is C10H11NO3. The predicted octanol–water partition coefficient (Wildman–Crippen LogP) is 2.25. The van der Waals surface area contributed by atoms with E-state index in [9.17, 15) is 10.1 Å². The van der Waals surface area contributed by atoms with E-state index < -0.39 is 4.92 Å². The molecule has 0 spiro atoms. The van der Waals surface area contributed by atoms with Gasteiger partial charge in [0.2, 0.25) is 6.20 Å². The van der Waals surface area contributed by atoms with Gasteiger partial charge in [-0.1, -0.05) is 6.07 Å². The minimum Gasteiger partial charge on any atom is -0.497 e. The zero-order valence-electron chi connectivity index (χ0n) is 8.06. The van der Waals surface area contributed by atoms with Crippen LogP contribution in [0.5, 0.6) is 5.75 Å². The maximum absolute atomic E-state index is 10.1. The molecular weight excluding hydrogens is 182 g/mol. The molecule has 0 aliphatic heterocycles. The molecule has 0 heterocycles. The largest absolute Gasteiger partial charge is 0.497 e. The van der Waals surface area contributed by atoms with Crippen LogP contribution in [0.15, 0.2) is 24.4 Å². The second kappa shape index (κ2) is 4.41. The van der Waals surface area contributed by atoms with Crippen LogP contribution in [0.4, 0.5) is 0 Å². The zero-order valence-corrected chi connectivity index (χ0v) is 8.06. The lowest BCUT2D eigenvalue weighted by molar-refractivity contribution is -0.400. The number of nitro groups is 1. The second-order valence-corrected chi connectivity index (χ2v) is 2.82. The van der Waals surface area contributed by atoms with E-state index >= 15 is 0 Å². The van der Waals surface area contributed by atoms with Gasteiger partial charge in [-0.05, 0) is 30.2 Å². The number of nitrogens with zero attached hydrogens (tertiary/aromatic N) is 1. The van der Waals surface area contributed by atoms with Crippen molar-refractivity contribution < 1.29 is 9.66 Å². The van der Waals surface area contributed by atoms with Gasteiger partial charge in [-0.2, -0.15) is 0 Å². The summed E-state index contributed by atoms with van der Waals surface area (Å²) in [5.41, 5.74) is 1.77. The molecule has 0 radical (unpaired) electrons. The summed E-state index contributed by atoms with van der Waals surface area (Å²) in [6.45, 7) is 1.88. The second-order valence-electron chi connectivity index (χ2n) is 2.82. The molecule has 0 bridgehead atoms. The molecule has 0 aliphatic rings. The first-order chi connectivity index (χ1) is 6.63. The summed E-state index contributed by atoms with van der Waals surface area (Å²) >= 11 is 0. The summed E-state index contributed by atoms with van der Waals surface area (Å²) in [5.74, 6) is 0.751. The van der Waals surface area contributed by atoms with Crippen molar-refractivity contribution in [3.05, 3.63) is 45.6 Å². The summed E-state index contributed by atoms with van der Waals surface area (Å²) in [6, 6.07) is 5.39. The number of aryl methyl sites for hydroxylation is 1. The summed E-state index contributed by atoms with van der Waals surface area (Å²) in [7, 11) is 1.58. The molecule has 0 aromatic heterocycles. The van der Waals surface area contributed by atoms with E-state index in [0.717, 1.165) is 23.1 Å². The van der Waals surface area contributed by atoms with Crippen LogP contribution < -0.4 is 4.74 Å². The molecule has 0 atom stereocenters. The van der Waals surface area contributed by atoms with Gasteiger partial charge in [0.15, 0.2) is 0 Å². The highest BCUT2D eigenvalue weighted by atomic mass is 16.6. The van der Waals surface area contributed by atoms with Crippen LogP contribution in [0.1, 0.15) is 11.1 Å². The first-order valence-corrected chi connectivity index (χ1v) is 4.10. The Kier molecular flexibility index (Phi) is 3.23. The van der Waals surface area contributed by atoms with Crippen molar-refractivity contribution in [1.82, 2.24) is 0 Å². The lowest BCUT2D eigenvalue weighted by Gasteiger charge is -2.02. The standard InChI is InChI=1S/C10H11NO3/c1-8-7-10(14-2)4-3-9(8)5-6-11(12)13/h3-7H,1-2H3/b6-5+. The molecule has 1 aromatic carbocycles. The van der Waals surface area contributed by atoms with Gasteiger partial charge in [0.1, 0.15) is 5.75 Å². The Morgan fingerprint density at radius 1 is 1.50 bits per heavy atom. The van der Waals surface area contributed by atoms with Gasteiger partial charge >= 0.3 is 0 Å². The van der Waals surface area contributed by atoms with Gasteiger partial charge in [0, 0.05) is 6.08 Å². The fourth-order valence-corrected chi connectivity index (χ4v) is 1.10. The van der Waals surface area contributed by atoms with Gasteiger partial charge in [-0.3, -0.25) is 10.1 Å². The topological polar surface area (TPSA) is 52.4 Å². The van der Waals surface area contributed by atoms with Crippen molar-refractivity contribution in [3.63, 3.8) is 0 Å². The Morgan fingerprint density at radius 2 is 2.21 bits per heavy atom. The first-order valence-electron chi connectivity index (χ1n) is 4.10. The summed E-state index contributed by atoms with van der Waals surface area (Å²) < 4.78 is 5.02. The lowest BCUT2D eigenvalue weighted by Crippen LogP contribution is -1.87. The highest BCUT2D eigenvalue weighted by molar-refractivity contribution is 5.54. The Hall–Kier alpha value is -1.84. The Balaban J connectivity index is 2.94. The van der Waals surface area contributed by atoms with E-state index in [1.807, 2.05) is 13.0 Å². The zero-order chi connectivity index (χ0) is 10.6. The Bertz CT molecular complexity index is 372. The molecule has 0 amide bonds. The van der Waals surface area contributed by atoms with Crippen LogP contribution in [0.2, 0.25) is 0 Å². The maximum Gasteiger partial charge on any atom is 0.235 e.